The van der Waals surface area contributed by atoms with Crippen molar-refractivity contribution < 1.29 is 21.9 Å². The van der Waals surface area contributed by atoms with Crippen molar-refractivity contribution in [2.24, 2.45) is 5.92 Å². The molecular formula is C8H16O5S2. The smallest absolute Gasteiger partial charge is 0.150 e. The van der Waals surface area contributed by atoms with Gasteiger partial charge < -0.3 is 5.11 Å². The molecule has 15 heavy (non-hydrogen) atoms. The quantitative estimate of drug-likeness (QED) is 0.715. The molecule has 90 valence electrons. The molecule has 1 heterocycles. The predicted molar refractivity (Wildman–Crippen MR) is 57.1 cm³/mol. The van der Waals surface area contributed by atoms with Gasteiger partial charge >= 0.3 is 0 Å². The Morgan fingerprint density at radius 3 is 2.20 bits per heavy atom. The second-order valence-corrected chi connectivity index (χ2v) is 8.64. The Balaban J connectivity index is 2.54. The Hall–Kier alpha value is -0.140. The van der Waals surface area contributed by atoms with Gasteiger partial charge in [0.15, 0.2) is 0 Å². The maximum absolute atomic E-state index is 11.1. The van der Waals surface area contributed by atoms with Crippen LogP contribution in [0.5, 0.6) is 0 Å². The molecule has 0 aliphatic carbocycles. The first kappa shape index (κ1) is 12.9. The van der Waals surface area contributed by atoms with E-state index in [4.69, 9.17) is 0 Å². The van der Waals surface area contributed by atoms with Crippen molar-refractivity contribution in [2.45, 2.75) is 18.9 Å². The number of hydrogen-bond donors (Lipinski definition) is 1. The van der Waals surface area contributed by atoms with Gasteiger partial charge in [-0.2, -0.15) is 0 Å². The fraction of sp³-hybridized carbons (Fsp3) is 1.00. The van der Waals surface area contributed by atoms with Gasteiger partial charge in [-0.3, -0.25) is 0 Å². The minimum Gasteiger partial charge on any atom is -0.392 e. The zero-order valence-corrected chi connectivity index (χ0v) is 10.2. The maximum atomic E-state index is 11.1. The van der Waals surface area contributed by atoms with Gasteiger partial charge in [-0.1, -0.05) is 0 Å². The van der Waals surface area contributed by atoms with Gasteiger partial charge in [0.2, 0.25) is 0 Å². The summed E-state index contributed by atoms with van der Waals surface area (Å²) in [5.74, 6) is -0.377. The second-order valence-electron chi connectivity index (χ2n) is 4.15. The Kier molecular flexibility index (Phi) is 3.78. The van der Waals surface area contributed by atoms with Gasteiger partial charge in [0, 0.05) is 6.26 Å². The van der Waals surface area contributed by atoms with Gasteiger partial charge in [0.25, 0.3) is 0 Å². The molecule has 0 bridgehead atoms. The highest BCUT2D eigenvalue weighted by molar-refractivity contribution is 7.91. The van der Waals surface area contributed by atoms with Crippen LogP contribution in [-0.4, -0.2) is 51.6 Å². The van der Waals surface area contributed by atoms with E-state index in [1.807, 2.05) is 0 Å². The van der Waals surface area contributed by atoms with Crippen LogP contribution in [0.25, 0.3) is 0 Å². The molecule has 1 aliphatic heterocycles. The third-order valence-corrected chi connectivity index (χ3v) is 5.28. The van der Waals surface area contributed by atoms with Crippen molar-refractivity contribution in [1.82, 2.24) is 0 Å². The highest BCUT2D eigenvalue weighted by Crippen LogP contribution is 2.22. The molecule has 1 fully saturated rings. The summed E-state index contributed by atoms with van der Waals surface area (Å²) < 4.78 is 44.1. The monoisotopic (exact) mass is 256 g/mol. The molecule has 0 amide bonds. The highest BCUT2D eigenvalue weighted by atomic mass is 32.2. The van der Waals surface area contributed by atoms with Gasteiger partial charge in [0.1, 0.15) is 19.7 Å². The largest absolute Gasteiger partial charge is 0.392 e. The third-order valence-electron chi connectivity index (χ3n) is 2.62. The number of rotatable bonds is 3. The molecule has 1 rings (SSSR count). The van der Waals surface area contributed by atoms with Crippen LogP contribution >= 0.6 is 0 Å². The predicted octanol–water partition coefficient (Wildman–Crippen LogP) is -0.783. The minimum absolute atomic E-state index is 0.0541. The summed E-state index contributed by atoms with van der Waals surface area (Å²) in [6.45, 7) is 0. The van der Waals surface area contributed by atoms with Crippen molar-refractivity contribution in [3.8, 4) is 0 Å². The molecule has 1 aliphatic rings. The Labute approximate surface area is 90.3 Å². The van der Waals surface area contributed by atoms with Gasteiger partial charge in [-0.15, -0.1) is 0 Å². The Bertz CT molecular complexity index is 394. The molecule has 7 heteroatoms. The topological polar surface area (TPSA) is 88.5 Å². The van der Waals surface area contributed by atoms with Gasteiger partial charge in [0.05, 0.1) is 23.4 Å². The summed E-state index contributed by atoms with van der Waals surface area (Å²) in [6.07, 6.45) is 0.851. The SMILES string of the molecule is CS(=O)(=O)CC(O)C1CCS(=O)(=O)CC1. The van der Waals surface area contributed by atoms with E-state index in [9.17, 15) is 21.9 Å². The van der Waals surface area contributed by atoms with E-state index in [1.54, 1.807) is 0 Å². The lowest BCUT2D eigenvalue weighted by molar-refractivity contribution is 0.122. The molecule has 1 unspecified atom stereocenters. The first-order valence-electron chi connectivity index (χ1n) is 4.76. The van der Waals surface area contributed by atoms with E-state index in [1.165, 1.54) is 0 Å². The second kappa shape index (κ2) is 4.39. The number of sulfone groups is 2. The van der Waals surface area contributed by atoms with Crippen LogP contribution < -0.4 is 0 Å². The summed E-state index contributed by atoms with van der Waals surface area (Å²) in [5, 5.41) is 9.61. The minimum atomic E-state index is -3.20. The molecule has 1 atom stereocenters. The van der Waals surface area contributed by atoms with E-state index in [0.29, 0.717) is 12.8 Å². The number of hydrogen-bond acceptors (Lipinski definition) is 5. The normalized spacial score (nSPS) is 24.9. The first-order chi connectivity index (χ1) is 6.70. The zero-order chi connectivity index (χ0) is 11.7. The van der Waals surface area contributed by atoms with Crippen LogP contribution in [0, 0.1) is 5.92 Å². The maximum Gasteiger partial charge on any atom is 0.150 e. The molecule has 0 aromatic carbocycles. The van der Waals surface area contributed by atoms with Crippen molar-refractivity contribution in [3.63, 3.8) is 0 Å². The van der Waals surface area contributed by atoms with Crippen molar-refractivity contribution in [1.29, 1.82) is 0 Å². The van der Waals surface area contributed by atoms with Crippen LogP contribution in [0.3, 0.4) is 0 Å². The number of aliphatic hydroxyl groups excluding tert-OH is 1. The van der Waals surface area contributed by atoms with Gasteiger partial charge in [-0.05, 0) is 18.8 Å². The average molecular weight is 256 g/mol. The van der Waals surface area contributed by atoms with Crippen LogP contribution in [-0.2, 0) is 19.7 Å². The van der Waals surface area contributed by atoms with E-state index in [-0.39, 0.29) is 23.2 Å². The molecular weight excluding hydrogens is 240 g/mol. The van der Waals surface area contributed by atoms with Gasteiger partial charge in [-0.25, -0.2) is 16.8 Å². The van der Waals surface area contributed by atoms with Crippen molar-refractivity contribution in [2.75, 3.05) is 23.5 Å². The lowest BCUT2D eigenvalue weighted by atomic mass is 9.97. The standard InChI is InChI=1S/C8H16O5S2/c1-14(10,11)6-8(9)7-2-4-15(12,13)5-3-7/h7-9H,2-6H2,1H3. The van der Waals surface area contributed by atoms with Crippen molar-refractivity contribution in [3.05, 3.63) is 0 Å². The molecule has 0 spiro atoms. The first-order valence-corrected chi connectivity index (χ1v) is 8.64. The highest BCUT2D eigenvalue weighted by Gasteiger charge is 2.30. The van der Waals surface area contributed by atoms with Crippen LogP contribution in [0.15, 0.2) is 0 Å². The summed E-state index contributed by atoms with van der Waals surface area (Å²) in [7, 11) is -6.15. The van der Waals surface area contributed by atoms with Crippen molar-refractivity contribution >= 4 is 19.7 Å². The molecule has 1 saturated heterocycles. The summed E-state index contributed by atoms with van der Waals surface area (Å²) in [4.78, 5) is 0. The van der Waals surface area contributed by atoms with E-state index >= 15 is 0 Å². The van der Waals surface area contributed by atoms with Crippen LogP contribution in [0.4, 0.5) is 0 Å². The lowest BCUT2D eigenvalue weighted by Crippen LogP contribution is -2.34. The molecule has 0 aromatic heterocycles. The molecule has 0 aromatic rings. The summed E-state index contributed by atoms with van der Waals surface area (Å²) >= 11 is 0. The van der Waals surface area contributed by atoms with E-state index in [0.717, 1.165) is 6.26 Å². The summed E-state index contributed by atoms with van der Waals surface area (Å²) in [6, 6.07) is 0. The Morgan fingerprint density at radius 2 is 1.80 bits per heavy atom. The van der Waals surface area contributed by atoms with Crippen LogP contribution in [0.1, 0.15) is 12.8 Å². The zero-order valence-electron chi connectivity index (χ0n) is 8.59. The van der Waals surface area contributed by atoms with E-state index in [2.05, 4.69) is 0 Å². The Morgan fingerprint density at radius 1 is 1.33 bits per heavy atom. The molecule has 5 nitrogen and oxygen atoms in total. The fourth-order valence-electron chi connectivity index (χ4n) is 1.74. The molecule has 0 saturated carbocycles. The lowest BCUT2D eigenvalue weighted by Gasteiger charge is -2.25. The molecule has 1 N–H and O–H groups in total. The summed E-state index contributed by atoms with van der Waals surface area (Å²) in [5.41, 5.74) is 0. The van der Waals surface area contributed by atoms with E-state index < -0.39 is 25.8 Å². The average Bonchev–Trinajstić information content (AvgIpc) is 2.00. The third kappa shape index (κ3) is 4.48. The molecule has 0 radical (unpaired) electrons. The number of aliphatic hydroxyl groups is 1. The fourth-order valence-corrected chi connectivity index (χ4v) is 4.16. The van der Waals surface area contributed by atoms with Crippen LogP contribution in [0.2, 0.25) is 0 Å².